The first-order valence-corrected chi connectivity index (χ1v) is 8.54. The summed E-state index contributed by atoms with van der Waals surface area (Å²) in [6, 6.07) is 12.5. The van der Waals surface area contributed by atoms with Crippen molar-refractivity contribution < 1.29 is 9.84 Å². The topological polar surface area (TPSA) is 59.3 Å². The predicted octanol–water partition coefficient (Wildman–Crippen LogP) is 3.37. The van der Waals surface area contributed by atoms with E-state index in [2.05, 4.69) is 34.7 Å². The molecule has 6 heteroatoms. The van der Waals surface area contributed by atoms with Gasteiger partial charge >= 0.3 is 0 Å². The molecule has 3 aromatic rings. The highest BCUT2D eigenvalue weighted by Crippen LogP contribution is 2.28. The number of nitrogens with one attached hydrogen (secondary N) is 1. The minimum Gasteiger partial charge on any atom is -0.496 e. The summed E-state index contributed by atoms with van der Waals surface area (Å²) in [5, 5.41) is 19.6. The molecule has 3 rings (SSSR count). The van der Waals surface area contributed by atoms with Gasteiger partial charge in [-0.1, -0.05) is 30.3 Å². The summed E-state index contributed by atoms with van der Waals surface area (Å²) in [6.07, 6.45) is 0. The molecule has 0 bridgehead atoms. The molecule has 140 valence electrons. The second kappa shape index (κ2) is 9.03. The van der Waals surface area contributed by atoms with Crippen LogP contribution in [0.1, 0.15) is 22.5 Å². The standard InChI is InChI=1S/C20H25N3O2.ClH/c1-14-18(15(2)23(22-14)10-11-24)12-21-13-19-17-7-5-4-6-16(17)8-9-20(19)25-3;/h4-9,21,24H,10-13H2,1-3H3;1H. The first-order chi connectivity index (χ1) is 12.2. The van der Waals surface area contributed by atoms with E-state index in [0.29, 0.717) is 13.1 Å². The van der Waals surface area contributed by atoms with Gasteiger partial charge < -0.3 is 15.2 Å². The van der Waals surface area contributed by atoms with Crippen molar-refractivity contribution in [2.24, 2.45) is 0 Å². The highest BCUT2D eigenvalue weighted by molar-refractivity contribution is 5.87. The Morgan fingerprint density at radius 1 is 1.08 bits per heavy atom. The van der Waals surface area contributed by atoms with Gasteiger partial charge in [0.05, 0.1) is 26.0 Å². The zero-order valence-electron chi connectivity index (χ0n) is 15.5. The quantitative estimate of drug-likeness (QED) is 0.664. The van der Waals surface area contributed by atoms with Gasteiger partial charge in [0.1, 0.15) is 5.75 Å². The Morgan fingerprint density at radius 2 is 1.81 bits per heavy atom. The third-order valence-electron chi connectivity index (χ3n) is 4.66. The van der Waals surface area contributed by atoms with Crippen molar-refractivity contribution in [2.45, 2.75) is 33.5 Å². The molecule has 0 aliphatic heterocycles. The maximum absolute atomic E-state index is 9.14. The van der Waals surface area contributed by atoms with Crippen molar-refractivity contribution in [1.82, 2.24) is 15.1 Å². The van der Waals surface area contributed by atoms with Crippen LogP contribution >= 0.6 is 12.4 Å². The largest absolute Gasteiger partial charge is 0.496 e. The molecule has 0 aliphatic rings. The fraction of sp³-hybridized carbons (Fsp3) is 0.350. The molecule has 5 nitrogen and oxygen atoms in total. The summed E-state index contributed by atoms with van der Waals surface area (Å²) in [5.74, 6) is 0.899. The molecule has 0 saturated carbocycles. The van der Waals surface area contributed by atoms with Gasteiger partial charge in [-0.25, -0.2) is 0 Å². The van der Waals surface area contributed by atoms with Gasteiger partial charge in [-0.2, -0.15) is 5.10 Å². The van der Waals surface area contributed by atoms with Gasteiger partial charge in [-0.3, -0.25) is 4.68 Å². The SMILES string of the molecule is COc1ccc2ccccc2c1CNCc1c(C)nn(CCO)c1C.Cl. The van der Waals surface area contributed by atoms with Crippen molar-refractivity contribution in [3.63, 3.8) is 0 Å². The van der Waals surface area contributed by atoms with E-state index in [4.69, 9.17) is 9.84 Å². The number of nitrogens with zero attached hydrogens (tertiary/aromatic N) is 2. The average Bonchev–Trinajstić information content (AvgIpc) is 2.89. The van der Waals surface area contributed by atoms with Gasteiger partial charge in [0, 0.05) is 29.9 Å². The van der Waals surface area contributed by atoms with E-state index in [-0.39, 0.29) is 19.0 Å². The molecule has 0 unspecified atom stereocenters. The fourth-order valence-corrected chi connectivity index (χ4v) is 3.30. The van der Waals surface area contributed by atoms with Crippen molar-refractivity contribution >= 4 is 23.2 Å². The van der Waals surface area contributed by atoms with Crippen LogP contribution in [0.5, 0.6) is 5.75 Å². The molecular weight excluding hydrogens is 350 g/mol. The number of aromatic nitrogens is 2. The maximum atomic E-state index is 9.14. The Labute approximate surface area is 160 Å². The molecule has 0 fully saturated rings. The van der Waals surface area contributed by atoms with E-state index < -0.39 is 0 Å². The van der Waals surface area contributed by atoms with E-state index in [0.717, 1.165) is 23.7 Å². The summed E-state index contributed by atoms with van der Waals surface area (Å²) in [7, 11) is 1.71. The first kappa shape index (κ1) is 20.2. The van der Waals surface area contributed by atoms with Gasteiger partial charge in [-0.15, -0.1) is 12.4 Å². The van der Waals surface area contributed by atoms with Gasteiger partial charge in [0.2, 0.25) is 0 Å². The van der Waals surface area contributed by atoms with Crippen LogP contribution in [-0.4, -0.2) is 28.6 Å². The van der Waals surface area contributed by atoms with E-state index in [9.17, 15) is 0 Å². The summed E-state index contributed by atoms with van der Waals surface area (Å²) < 4.78 is 7.42. The third-order valence-corrected chi connectivity index (χ3v) is 4.66. The second-order valence-electron chi connectivity index (χ2n) is 6.17. The smallest absolute Gasteiger partial charge is 0.123 e. The first-order valence-electron chi connectivity index (χ1n) is 8.54. The molecule has 0 radical (unpaired) electrons. The molecule has 2 aromatic carbocycles. The van der Waals surface area contributed by atoms with Crippen LogP contribution in [-0.2, 0) is 19.6 Å². The Kier molecular flexibility index (Phi) is 7.03. The monoisotopic (exact) mass is 375 g/mol. The summed E-state index contributed by atoms with van der Waals surface area (Å²) in [6.45, 7) is 6.14. The number of ether oxygens (including phenoxy) is 1. The zero-order chi connectivity index (χ0) is 17.8. The van der Waals surface area contributed by atoms with E-state index >= 15 is 0 Å². The van der Waals surface area contributed by atoms with Crippen LogP contribution in [0.15, 0.2) is 36.4 Å². The Morgan fingerprint density at radius 3 is 2.54 bits per heavy atom. The number of rotatable bonds is 7. The van der Waals surface area contributed by atoms with Gasteiger partial charge in [0.15, 0.2) is 0 Å². The number of aliphatic hydroxyl groups excluding tert-OH is 1. The fourth-order valence-electron chi connectivity index (χ4n) is 3.30. The average molecular weight is 376 g/mol. The van der Waals surface area contributed by atoms with E-state index in [1.54, 1.807) is 7.11 Å². The lowest BCUT2D eigenvalue weighted by Crippen LogP contribution is -2.15. The molecular formula is C20H26ClN3O2. The number of aliphatic hydroxyl groups is 1. The molecule has 0 aliphatic carbocycles. The van der Waals surface area contributed by atoms with Crippen molar-refractivity contribution in [1.29, 1.82) is 0 Å². The molecule has 1 heterocycles. The maximum Gasteiger partial charge on any atom is 0.123 e. The molecule has 0 amide bonds. The van der Waals surface area contributed by atoms with Crippen LogP contribution in [0.3, 0.4) is 0 Å². The van der Waals surface area contributed by atoms with Crippen LogP contribution in [0.2, 0.25) is 0 Å². The summed E-state index contributed by atoms with van der Waals surface area (Å²) >= 11 is 0. The molecule has 0 spiro atoms. The number of hydrogen-bond acceptors (Lipinski definition) is 4. The van der Waals surface area contributed by atoms with Gasteiger partial charge in [0.25, 0.3) is 0 Å². The van der Waals surface area contributed by atoms with Crippen LogP contribution in [0.25, 0.3) is 10.8 Å². The number of benzene rings is 2. The van der Waals surface area contributed by atoms with Crippen molar-refractivity contribution in [3.8, 4) is 5.75 Å². The Hall–Kier alpha value is -2.08. The summed E-state index contributed by atoms with van der Waals surface area (Å²) in [4.78, 5) is 0. The summed E-state index contributed by atoms with van der Waals surface area (Å²) in [5.41, 5.74) is 4.46. The Bertz CT molecular complexity index is 877. The second-order valence-corrected chi connectivity index (χ2v) is 6.17. The van der Waals surface area contributed by atoms with E-state index in [1.807, 2.05) is 30.7 Å². The molecule has 26 heavy (non-hydrogen) atoms. The predicted molar refractivity (Wildman–Crippen MR) is 107 cm³/mol. The molecule has 1 aromatic heterocycles. The zero-order valence-corrected chi connectivity index (χ0v) is 16.3. The lowest BCUT2D eigenvalue weighted by atomic mass is 10.0. The number of aryl methyl sites for hydroxylation is 1. The number of halogens is 1. The Balaban J connectivity index is 0.00000243. The lowest BCUT2D eigenvalue weighted by Gasteiger charge is -2.13. The van der Waals surface area contributed by atoms with Crippen LogP contribution in [0, 0.1) is 13.8 Å². The highest BCUT2D eigenvalue weighted by Gasteiger charge is 2.12. The minimum atomic E-state index is 0. The van der Waals surface area contributed by atoms with Crippen LogP contribution in [0.4, 0.5) is 0 Å². The van der Waals surface area contributed by atoms with Gasteiger partial charge in [-0.05, 0) is 30.7 Å². The highest BCUT2D eigenvalue weighted by atomic mass is 35.5. The third kappa shape index (κ3) is 4.01. The normalized spacial score (nSPS) is 10.8. The van der Waals surface area contributed by atoms with Crippen molar-refractivity contribution in [2.75, 3.05) is 13.7 Å². The number of methoxy groups -OCH3 is 1. The number of fused-ring (bicyclic) bond motifs is 1. The van der Waals surface area contributed by atoms with Crippen LogP contribution < -0.4 is 10.1 Å². The lowest BCUT2D eigenvalue weighted by molar-refractivity contribution is 0.267. The molecule has 2 N–H and O–H groups in total. The molecule has 0 atom stereocenters. The number of hydrogen-bond donors (Lipinski definition) is 2. The molecule has 0 saturated heterocycles. The van der Waals surface area contributed by atoms with Crippen molar-refractivity contribution in [3.05, 3.63) is 58.9 Å². The van der Waals surface area contributed by atoms with E-state index in [1.165, 1.54) is 21.9 Å². The minimum absolute atomic E-state index is 0.